The number of carboxylic acid groups (broad SMARTS) is 1. The molecule has 21 heavy (non-hydrogen) atoms. The SMILES string of the molecule is CCCN1c2ccc(C(=O)O)cc2NC(=O)C2COCC21. The predicted octanol–water partition coefficient (Wildman–Crippen LogP) is 1.57. The number of hydrogen-bond acceptors (Lipinski definition) is 4. The first-order chi connectivity index (χ1) is 10.1. The van der Waals surface area contributed by atoms with Gasteiger partial charge in [0.05, 0.1) is 42.1 Å². The molecule has 1 amide bonds. The first-order valence-electron chi connectivity index (χ1n) is 7.14. The molecule has 2 heterocycles. The molecule has 6 heteroatoms. The Hall–Kier alpha value is -2.08. The molecule has 1 aromatic rings. The number of benzene rings is 1. The zero-order valence-corrected chi connectivity index (χ0v) is 11.8. The van der Waals surface area contributed by atoms with E-state index in [9.17, 15) is 9.59 Å². The molecule has 0 radical (unpaired) electrons. The van der Waals surface area contributed by atoms with Gasteiger partial charge in [-0.1, -0.05) is 6.92 Å². The van der Waals surface area contributed by atoms with Gasteiger partial charge in [0.1, 0.15) is 0 Å². The summed E-state index contributed by atoms with van der Waals surface area (Å²) in [5.41, 5.74) is 1.62. The van der Waals surface area contributed by atoms with Crippen molar-refractivity contribution in [3.63, 3.8) is 0 Å². The number of fused-ring (bicyclic) bond motifs is 2. The van der Waals surface area contributed by atoms with Gasteiger partial charge < -0.3 is 20.1 Å². The zero-order chi connectivity index (χ0) is 15.0. The molecule has 2 unspecified atom stereocenters. The Balaban J connectivity index is 2.07. The number of ether oxygens (including phenoxy) is 1. The highest BCUT2D eigenvalue weighted by Crippen LogP contribution is 2.36. The topological polar surface area (TPSA) is 78.9 Å². The van der Waals surface area contributed by atoms with Crippen LogP contribution < -0.4 is 10.2 Å². The maximum atomic E-state index is 12.3. The molecule has 1 saturated heterocycles. The molecule has 2 atom stereocenters. The number of rotatable bonds is 3. The van der Waals surface area contributed by atoms with Gasteiger partial charge in [0, 0.05) is 6.54 Å². The van der Waals surface area contributed by atoms with Crippen LogP contribution >= 0.6 is 0 Å². The Morgan fingerprint density at radius 1 is 1.48 bits per heavy atom. The summed E-state index contributed by atoms with van der Waals surface area (Å²) in [6.07, 6.45) is 0.942. The van der Waals surface area contributed by atoms with E-state index < -0.39 is 5.97 Å². The van der Waals surface area contributed by atoms with Crippen molar-refractivity contribution in [1.29, 1.82) is 0 Å². The van der Waals surface area contributed by atoms with E-state index in [0.29, 0.717) is 18.9 Å². The van der Waals surface area contributed by atoms with Gasteiger partial charge in [-0.3, -0.25) is 4.79 Å². The van der Waals surface area contributed by atoms with Crippen LogP contribution in [0.25, 0.3) is 0 Å². The molecule has 112 valence electrons. The quantitative estimate of drug-likeness (QED) is 0.883. The Kier molecular flexibility index (Phi) is 3.55. The van der Waals surface area contributed by atoms with Gasteiger partial charge in [0.25, 0.3) is 0 Å². The van der Waals surface area contributed by atoms with Crippen LogP contribution in [0.5, 0.6) is 0 Å². The number of hydrogen-bond donors (Lipinski definition) is 2. The van der Waals surface area contributed by atoms with E-state index in [0.717, 1.165) is 18.7 Å². The van der Waals surface area contributed by atoms with Crippen molar-refractivity contribution in [1.82, 2.24) is 0 Å². The fraction of sp³-hybridized carbons (Fsp3) is 0.467. The van der Waals surface area contributed by atoms with E-state index in [-0.39, 0.29) is 23.4 Å². The van der Waals surface area contributed by atoms with E-state index in [1.165, 1.54) is 6.07 Å². The van der Waals surface area contributed by atoms with Gasteiger partial charge in [0.2, 0.25) is 5.91 Å². The molecule has 2 N–H and O–H groups in total. The largest absolute Gasteiger partial charge is 0.478 e. The molecule has 2 aliphatic heterocycles. The highest BCUT2D eigenvalue weighted by Gasteiger charge is 2.41. The summed E-state index contributed by atoms with van der Waals surface area (Å²) in [7, 11) is 0. The molecule has 6 nitrogen and oxygen atoms in total. The van der Waals surface area contributed by atoms with Gasteiger partial charge in [-0.05, 0) is 24.6 Å². The fourth-order valence-corrected chi connectivity index (χ4v) is 3.05. The lowest BCUT2D eigenvalue weighted by Crippen LogP contribution is -2.42. The molecular formula is C15H18N2O4. The minimum Gasteiger partial charge on any atom is -0.478 e. The molecule has 0 bridgehead atoms. The number of carbonyl (C=O) groups is 2. The molecule has 0 aliphatic carbocycles. The molecular weight excluding hydrogens is 272 g/mol. The van der Waals surface area contributed by atoms with Crippen LogP contribution in [0.4, 0.5) is 11.4 Å². The third-order valence-electron chi connectivity index (χ3n) is 4.06. The summed E-state index contributed by atoms with van der Waals surface area (Å²) in [6.45, 7) is 3.82. The van der Waals surface area contributed by atoms with Crippen molar-refractivity contribution < 1.29 is 19.4 Å². The molecule has 1 fully saturated rings. The molecule has 3 rings (SSSR count). The normalized spacial score (nSPS) is 24.0. The van der Waals surface area contributed by atoms with Crippen LogP contribution in [0.2, 0.25) is 0 Å². The number of carbonyl (C=O) groups excluding carboxylic acids is 1. The smallest absolute Gasteiger partial charge is 0.335 e. The van der Waals surface area contributed by atoms with Crippen LogP contribution in [-0.4, -0.2) is 42.8 Å². The average Bonchev–Trinajstić information content (AvgIpc) is 2.90. The van der Waals surface area contributed by atoms with Gasteiger partial charge >= 0.3 is 5.97 Å². The second-order valence-electron chi connectivity index (χ2n) is 5.43. The molecule has 0 saturated carbocycles. The van der Waals surface area contributed by atoms with Gasteiger partial charge in [-0.15, -0.1) is 0 Å². The van der Waals surface area contributed by atoms with Crippen molar-refractivity contribution in [3.8, 4) is 0 Å². The summed E-state index contributed by atoms with van der Waals surface area (Å²) >= 11 is 0. The van der Waals surface area contributed by atoms with Crippen molar-refractivity contribution in [2.75, 3.05) is 30.0 Å². The lowest BCUT2D eigenvalue weighted by atomic mass is 10.0. The summed E-state index contributed by atoms with van der Waals surface area (Å²) in [6, 6.07) is 4.89. The van der Waals surface area contributed by atoms with E-state index in [1.807, 2.05) is 0 Å². The minimum absolute atomic E-state index is 0.0156. The number of carboxylic acids is 1. The maximum absolute atomic E-state index is 12.3. The van der Waals surface area contributed by atoms with Gasteiger partial charge in [-0.25, -0.2) is 4.79 Å². The Labute approximate surface area is 122 Å². The maximum Gasteiger partial charge on any atom is 0.335 e. The fourth-order valence-electron chi connectivity index (χ4n) is 3.05. The average molecular weight is 290 g/mol. The third kappa shape index (κ3) is 2.35. The highest BCUT2D eigenvalue weighted by molar-refractivity contribution is 6.00. The number of amides is 1. The monoisotopic (exact) mass is 290 g/mol. The second-order valence-corrected chi connectivity index (χ2v) is 5.43. The first kappa shape index (κ1) is 13.9. The minimum atomic E-state index is -0.998. The van der Waals surface area contributed by atoms with Gasteiger partial charge in [0.15, 0.2) is 0 Å². The van der Waals surface area contributed by atoms with E-state index in [4.69, 9.17) is 9.84 Å². The number of anilines is 2. The molecule has 0 spiro atoms. The second kappa shape index (κ2) is 5.37. The van der Waals surface area contributed by atoms with Crippen molar-refractivity contribution in [3.05, 3.63) is 23.8 Å². The third-order valence-corrected chi connectivity index (χ3v) is 4.06. The van der Waals surface area contributed by atoms with Crippen LogP contribution in [0.15, 0.2) is 18.2 Å². The van der Waals surface area contributed by atoms with Crippen LogP contribution in [-0.2, 0) is 9.53 Å². The lowest BCUT2D eigenvalue weighted by molar-refractivity contribution is -0.120. The zero-order valence-electron chi connectivity index (χ0n) is 11.8. The predicted molar refractivity (Wildman–Crippen MR) is 77.8 cm³/mol. The van der Waals surface area contributed by atoms with Crippen LogP contribution in [0.3, 0.4) is 0 Å². The van der Waals surface area contributed by atoms with Crippen molar-refractivity contribution in [2.24, 2.45) is 5.92 Å². The van der Waals surface area contributed by atoms with Crippen molar-refractivity contribution in [2.45, 2.75) is 19.4 Å². The van der Waals surface area contributed by atoms with Crippen molar-refractivity contribution >= 4 is 23.3 Å². The van der Waals surface area contributed by atoms with E-state index >= 15 is 0 Å². The summed E-state index contributed by atoms with van der Waals surface area (Å²) in [5.74, 6) is -1.31. The van der Waals surface area contributed by atoms with E-state index in [2.05, 4.69) is 17.1 Å². The standard InChI is InChI=1S/C15H18N2O4/c1-2-5-17-12-4-3-9(15(19)20)6-11(12)16-14(18)10-7-21-8-13(10)17/h3-4,6,10,13H,2,5,7-8H2,1H3,(H,16,18)(H,19,20). The van der Waals surface area contributed by atoms with Crippen LogP contribution in [0, 0.1) is 5.92 Å². The van der Waals surface area contributed by atoms with Gasteiger partial charge in [-0.2, -0.15) is 0 Å². The first-order valence-corrected chi connectivity index (χ1v) is 7.14. The highest BCUT2D eigenvalue weighted by atomic mass is 16.5. The lowest BCUT2D eigenvalue weighted by Gasteiger charge is -2.31. The molecule has 2 aliphatic rings. The summed E-state index contributed by atoms with van der Waals surface area (Å²) in [4.78, 5) is 25.6. The Morgan fingerprint density at radius 3 is 3.00 bits per heavy atom. The number of aromatic carboxylic acids is 1. The molecule has 0 aromatic heterocycles. The number of nitrogens with one attached hydrogen (secondary N) is 1. The Morgan fingerprint density at radius 2 is 2.29 bits per heavy atom. The van der Waals surface area contributed by atoms with E-state index in [1.54, 1.807) is 12.1 Å². The Bertz CT molecular complexity index is 587. The number of nitrogens with zero attached hydrogens (tertiary/aromatic N) is 1. The summed E-state index contributed by atoms with van der Waals surface area (Å²) in [5, 5.41) is 12.0. The molecule has 1 aromatic carbocycles. The van der Waals surface area contributed by atoms with Crippen LogP contribution in [0.1, 0.15) is 23.7 Å². The summed E-state index contributed by atoms with van der Waals surface area (Å²) < 4.78 is 5.47.